The van der Waals surface area contributed by atoms with E-state index in [4.69, 9.17) is 4.74 Å². The summed E-state index contributed by atoms with van der Waals surface area (Å²) in [6, 6.07) is 4.03. The molecule has 2 heterocycles. The van der Waals surface area contributed by atoms with Gasteiger partial charge in [0.1, 0.15) is 11.6 Å². The van der Waals surface area contributed by atoms with E-state index in [0.717, 1.165) is 49.4 Å². The molecule has 5 nitrogen and oxygen atoms in total. The largest absolute Gasteiger partial charge is 0.376 e. The van der Waals surface area contributed by atoms with E-state index in [2.05, 4.69) is 9.88 Å². The lowest BCUT2D eigenvalue weighted by Gasteiger charge is -2.14. The second-order valence-corrected chi connectivity index (χ2v) is 6.00. The monoisotopic (exact) mass is 315 g/mol. The lowest BCUT2D eigenvalue weighted by atomic mass is 10.1. The van der Waals surface area contributed by atoms with Gasteiger partial charge in [-0.15, -0.1) is 0 Å². The number of rotatable bonds is 6. The van der Waals surface area contributed by atoms with Gasteiger partial charge in [-0.25, -0.2) is 0 Å². The van der Waals surface area contributed by atoms with Crippen molar-refractivity contribution in [2.75, 3.05) is 13.2 Å². The number of ether oxygens (including phenoxy) is 1. The molecule has 0 saturated carbocycles. The number of aryl methyl sites for hydroxylation is 1. The Bertz CT molecular complexity index is 631. The fourth-order valence-corrected chi connectivity index (χ4v) is 2.88. The fraction of sp³-hybridized carbons (Fsp3) is 0.556. The van der Waals surface area contributed by atoms with E-state index < -0.39 is 0 Å². The molecule has 0 aliphatic carbocycles. The van der Waals surface area contributed by atoms with E-state index in [-0.39, 0.29) is 17.6 Å². The number of nitrogens with one attached hydrogen (secondary N) is 1. The van der Waals surface area contributed by atoms with Crippen LogP contribution in [0.5, 0.6) is 0 Å². The zero-order valence-corrected chi connectivity index (χ0v) is 14.2. The number of aromatic nitrogens is 1. The molecular formula is C18H25N3O2. The van der Waals surface area contributed by atoms with Crippen LogP contribution in [0.3, 0.4) is 0 Å². The molecule has 2 rings (SSSR count). The van der Waals surface area contributed by atoms with Gasteiger partial charge in [-0.1, -0.05) is 6.92 Å². The highest BCUT2D eigenvalue weighted by atomic mass is 16.5. The quantitative estimate of drug-likeness (QED) is 0.648. The smallest absolute Gasteiger partial charge is 0.261 e. The summed E-state index contributed by atoms with van der Waals surface area (Å²) in [5, 5.41) is 12.0. The minimum absolute atomic E-state index is 0.149. The third kappa shape index (κ3) is 4.23. The molecule has 124 valence electrons. The van der Waals surface area contributed by atoms with Gasteiger partial charge in [0.25, 0.3) is 5.91 Å². The van der Waals surface area contributed by atoms with Crippen LogP contribution >= 0.6 is 0 Å². The first-order chi connectivity index (χ1) is 11.1. The first-order valence-corrected chi connectivity index (χ1v) is 8.25. The van der Waals surface area contributed by atoms with Crippen molar-refractivity contribution < 1.29 is 9.53 Å². The van der Waals surface area contributed by atoms with Crippen LogP contribution in [0.4, 0.5) is 0 Å². The molecule has 1 aliphatic rings. The molecule has 5 heteroatoms. The maximum Gasteiger partial charge on any atom is 0.261 e. The van der Waals surface area contributed by atoms with Gasteiger partial charge in [0.05, 0.1) is 6.10 Å². The number of amides is 1. The Hall–Kier alpha value is -2.06. The minimum atomic E-state index is -0.307. The first kappa shape index (κ1) is 17.3. The Morgan fingerprint density at radius 2 is 2.35 bits per heavy atom. The van der Waals surface area contributed by atoms with Crippen molar-refractivity contribution in [1.29, 1.82) is 5.26 Å². The van der Waals surface area contributed by atoms with Crippen molar-refractivity contribution in [3.05, 3.63) is 28.6 Å². The normalized spacial score (nSPS) is 18.0. The highest BCUT2D eigenvalue weighted by molar-refractivity contribution is 6.01. The number of hydrogen-bond donors (Lipinski definition) is 1. The van der Waals surface area contributed by atoms with Gasteiger partial charge < -0.3 is 14.6 Å². The molecule has 0 aromatic carbocycles. The molecule has 1 unspecified atom stereocenters. The molecule has 23 heavy (non-hydrogen) atoms. The topological polar surface area (TPSA) is 67.0 Å². The van der Waals surface area contributed by atoms with Crippen LogP contribution in [0.1, 0.15) is 43.1 Å². The zero-order valence-electron chi connectivity index (χ0n) is 14.2. The molecule has 1 N–H and O–H groups in total. The Morgan fingerprint density at radius 1 is 1.57 bits per heavy atom. The van der Waals surface area contributed by atoms with Crippen molar-refractivity contribution in [2.45, 2.75) is 52.7 Å². The van der Waals surface area contributed by atoms with E-state index >= 15 is 0 Å². The Balaban J connectivity index is 2.20. The van der Waals surface area contributed by atoms with Crippen molar-refractivity contribution in [2.24, 2.45) is 0 Å². The number of hydrogen-bond acceptors (Lipinski definition) is 3. The second-order valence-electron chi connectivity index (χ2n) is 6.00. The lowest BCUT2D eigenvalue weighted by molar-refractivity contribution is -0.117. The van der Waals surface area contributed by atoms with Crippen LogP contribution < -0.4 is 5.32 Å². The number of nitrogens with zero attached hydrogens (tertiary/aromatic N) is 2. The minimum Gasteiger partial charge on any atom is -0.376 e. The number of nitriles is 1. The summed E-state index contributed by atoms with van der Waals surface area (Å²) < 4.78 is 7.92. The summed E-state index contributed by atoms with van der Waals surface area (Å²) in [5.74, 6) is -0.307. The van der Waals surface area contributed by atoms with Crippen molar-refractivity contribution >= 4 is 12.0 Å². The predicted molar refractivity (Wildman–Crippen MR) is 89.8 cm³/mol. The molecule has 1 aromatic rings. The van der Waals surface area contributed by atoms with E-state index in [1.54, 1.807) is 6.08 Å². The van der Waals surface area contributed by atoms with Crippen LogP contribution in [0.15, 0.2) is 11.6 Å². The average molecular weight is 315 g/mol. The van der Waals surface area contributed by atoms with Crippen LogP contribution in [0.25, 0.3) is 6.08 Å². The molecule has 0 spiro atoms. The number of carbonyl (C=O) groups is 1. The molecule has 1 amide bonds. The second kappa shape index (κ2) is 7.98. The SMILES string of the molecule is CCCNC(=O)/C(C#N)=C/c1cc(C)n(CC2CCCO2)c1C. The van der Waals surface area contributed by atoms with Gasteiger partial charge in [0.2, 0.25) is 0 Å². The summed E-state index contributed by atoms with van der Waals surface area (Å²) in [6.07, 6.45) is 5.00. The summed E-state index contributed by atoms with van der Waals surface area (Å²) in [6.45, 7) is 8.29. The number of carbonyl (C=O) groups excluding carboxylic acids is 1. The first-order valence-electron chi connectivity index (χ1n) is 8.25. The van der Waals surface area contributed by atoms with Gasteiger partial charge in [-0.2, -0.15) is 5.26 Å². The Morgan fingerprint density at radius 3 is 2.96 bits per heavy atom. The maximum atomic E-state index is 12.0. The summed E-state index contributed by atoms with van der Waals surface area (Å²) in [4.78, 5) is 12.0. The molecule has 1 fully saturated rings. The molecule has 1 aromatic heterocycles. The maximum absolute atomic E-state index is 12.0. The van der Waals surface area contributed by atoms with Crippen molar-refractivity contribution in [3.63, 3.8) is 0 Å². The van der Waals surface area contributed by atoms with Crippen molar-refractivity contribution in [3.8, 4) is 6.07 Å². The molecular weight excluding hydrogens is 290 g/mol. The summed E-state index contributed by atoms with van der Waals surface area (Å²) >= 11 is 0. The molecule has 1 atom stereocenters. The lowest BCUT2D eigenvalue weighted by Crippen LogP contribution is -2.25. The summed E-state index contributed by atoms with van der Waals surface area (Å²) in [5.41, 5.74) is 3.25. The van der Waals surface area contributed by atoms with Gasteiger partial charge in [-0.05, 0) is 50.8 Å². The molecule has 1 aliphatic heterocycles. The van der Waals surface area contributed by atoms with Gasteiger partial charge in [0.15, 0.2) is 0 Å². The van der Waals surface area contributed by atoms with E-state index in [9.17, 15) is 10.1 Å². The van der Waals surface area contributed by atoms with E-state index in [1.807, 2.05) is 32.9 Å². The van der Waals surface area contributed by atoms with Crippen LogP contribution in [-0.2, 0) is 16.1 Å². The van der Waals surface area contributed by atoms with Gasteiger partial charge >= 0.3 is 0 Å². The Kier molecular flexibility index (Phi) is 6.00. The van der Waals surface area contributed by atoms with Crippen LogP contribution in [0.2, 0.25) is 0 Å². The van der Waals surface area contributed by atoms with E-state index in [1.165, 1.54) is 0 Å². The predicted octanol–water partition coefficient (Wildman–Crippen LogP) is 2.72. The van der Waals surface area contributed by atoms with Gasteiger partial charge in [0, 0.05) is 31.1 Å². The zero-order chi connectivity index (χ0) is 16.8. The standard InChI is InChI=1S/C18H25N3O2/c1-4-7-20-18(22)16(11-19)10-15-9-13(2)21(14(15)3)12-17-6-5-8-23-17/h9-10,17H,4-8,12H2,1-3H3,(H,20,22)/b16-10+. The summed E-state index contributed by atoms with van der Waals surface area (Å²) in [7, 11) is 0. The average Bonchev–Trinajstić information content (AvgIpc) is 3.14. The highest BCUT2D eigenvalue weighted by Crippen LogP contribution is 2.22. The van der Waals surface area contributed by atoms with Crippen LogP contribution in [0, 0.1) is 25.2 Å². The molecule has 0 radical (unpaired) electrons. The molecule has 0 bridgehead atoms. The highest BCUT2D eigenvalue weighted by Gasteiger charge is 2.19. The van der Waals surface area contributed by atoms with Crippen LogP contribution in [-0.4, -0.2) is 29.7 Å². The third-order valence-corrected chi connectivity index (χ3v) is 4.22. The Labute approximate surface area is 137 Å². The molecule has 1 saturated heterocycles. The van der Waals surface area contributed by atoms with Gasteiger partial charge in [-0.3, -0.25) is 4.79 Å². The fourth-order valence-electron chi connectivity index (χ4n) is 2.88. The third-order valence-electron chi connectivity index (χ3n) is 4.22. The van der Waals surface area contributed by atoms with E-state index in [0.29, 0.717) is 6.54 Å². The van der Waals surface area contributed by atoms with Crippen molar-refractivity contribution in [1.82, 2.24) is 9.88 Å².